The van der Waals surface area contributed by atoms with E-state index in [9.17, 15) is 0 Å². The number of rotatable bonds is 7. The molecule has 9 nitrogen and oxygen atoms in total. The van der Waals surface area contributed by atoms with Crippen molar-refractivity contribution >= 4 is 17.6 Å². The maximum atomic E-state index is 5.45. The second-order valence-corrected chi connectivity index (χ2v) is 7.92. The number of piperidine rings is 1. The highest BCUT2D eigenvalue weighted by atomic mass is 16.5. The number of likely N-dealkylation sites (tertiary alicyclic amines) is 1. The number of aromatic nitrogens is 4. The van der Waals surface area contributed by atoms with E-state index in [1.165, 1.54) is 6.42 Å². The lowest BCUT2D eigenvalue weighted by Gasteiger charge is -2.34. The third kappa shape index (κ3) is 4.96. The standard InChI is InChI=1S/C21H32N8O/c1-22-20-19(23-7-8-24-20)17-4-3-9-28(16-17)11-10-27(2)21-25-6-5-18(26-21)29-12-14-30-15-13-29/h5-8,17H,3-4,9-16H2,1-2H3,(H,22,24). The zero-order valence-electron chi connectivity index (χ0n) is 18.0. The zero-order chi connectivity index (χ0) is 20.8. The molecular weight excluding hydrogens is 380 g/mol. The summed E-state index contributed by atoms with van der Waals surface area (Å²) in [6.07, 6.45) is 7.73. The van der Waals surface area contributed by atoms with Crippen molar-refractivity contribution in [2.75, 3.05) is 81.7 Å². The molecule has 0 aromatic carbocycles. The summed E-state index contributed by atoms with van der Waals surface area (Å²) in [4.78, 5) is 25.2. The van der Waals surface area contributed by atoms with Gasteiger partial charge in [0.15, 0.2) is 0 Å². The molecule has 4 rings (SSSR count). The Morgan fingerprint density at radius 2 is 1.97 bits per heavy atom. The Hall–Kier alpha value is -2.52. The maximum absolute atomic E-state index is 5.45. The summed E-state index contributed by atoms with van der Waals surface area (Å²) in [5.41, 5.74) is 1.08. The number of hydrogen-bond acceptors (Lipinski definition) is 9. The summed E-state index contributed by atoms with van der Waals surface area (Å²) in [6, 6.07) is 1.98. The van der Waals surface area contributed by atoms with Crippen LogP contribution >= 0.6 is 0 Å². The Morgan fingerprint density at radius 3 is 2.80 bits per heavy atom. The van der Waals surface area contributed by atoms with E-state index in [4.69, 9.17) is 9.72 Å². The van der Waals surface area contributed by atoms with Gasteiger partial charge in [-0.15, -0.1) is 0 Å². The number of morpholine rings is 1. The number of hydrogen-bond donors (Lipinski definition) is 1. The summed E-state index contributed by atoms with van der Waals surface area (Å²) in [5.74, 6) is 3.07. The minimum atomic E-state index is 0.418. The molecule has 1 N–H and O–H groups in total. The van der Waals surface area contributed by atoms with Crippen LogP contribution in [0.2, 0.25) is 0 Å². The molecule has 0 amide bonds. The van der Waals surface area contributed by atoms with Gasteiger partial charge in [0.25, 0.3) is 0 Å². The fraction of sp³-hybridized carbons (Fsp3) is 0.619. The minimum absolute atomic E-state index is 0.418. The molecule has 9 heteroatoms. The first-order valence-corrected chi connectivity index (χ1v) is 10.8. The van der Waals surface area contributed by atoms with E-state index < -0.39 is 0 Å². The van der Waals surface area contributed by atoms with Crippen LogP contribution in [0.4, 0.5) is 17.6 Å². The lowest BCUT2D eigenvalue weighted by atomic mass is 9.94. The van der Waals surface area contributed by atoms with Gasteiger partial charge >= 0.3 is 0 Å². The van der Waals surface area contributed by atoms with Crippen LogP contribution in [0.1, 0.15) is 24.5 Å². The summed E-state index contributed by atoms with van der Waals surface area (Å²) < 4.78 is 5.45. The average Bonchev–Trinajstić information content (AvgIpc) is 2.83. The van der Waals surface area contributed by atoms with Crippen LogP contribution in [0.15, 0.2) is 24.7 Å². The Bertz CT molecular complexity index is 813. The molecule has 2 aliphatic rings. The van der Waals surface area contributed by atoms with Crippen molar-refractivity contribution in [2.45, 2.75) is 18.8 Å². The molecule has 1 unspecified atom stereocenters. The third-order valence-electron chi connectivity index (χ3n) is 5.91. The van der Waals surface area contributed by atoms with Crippen molar-refractivity contribution in [2.24, 2.45) is 0 Å². The van der Waals surface area contributed by atoms with E-state index in [0.29, 0.717) is 5.92 Å². The molecular formula is C21H32N8O. The van der Waals surface area contributed by atoms with Gasteiger partial charge in [-0.25, -0.2) is 9.97 Å². The van der Waals surface area contributed by atoms with Crippen LogP contribution in [0.5, 0.6) is 0 Å². The molecule has 0 bridgehead atoms. The fourth-order valence-electron chi connectivity index (χ4n) is 4.21. The van der Waals surface area contributed by atoms with E-state index in [1.807, 2.05) is 19.3 Å². The number of nitrogens with one attached hydrogen (secondary N) is 1. The first-order valence-electron chi connectivity index (χ1n) is 10.8. The van der Waals surface area contributed by atoms with Gasteiger partial charge in [-0.2, -0.15) is 4.98 Å². The Balaban J connectivity index is 1.34. The Labute approximate surface area is 178 Å². The first-order chi connectivity index (χ1) is 14.7. The Kier molecular flexibility index (Phi) is 6.91. The predicted octanol–water partition coefficient (Wildman–Crippen LogP) is 1.46. The molecule has 0 spiro atoms. The molecule has 4 heterocycles. The lowest BCUT2D eigenvalue weighted by molar-refractivity contribution is 0.122. The van der Waals surface area contributed by atoms with Gasteiger partial charge in [0.05, 0.1) is 18.9 Å². The van der Waals surface area contributed by atoms with Gasteiger partial charge in [0.1, 0.15) is 11.6 Å². The maximum Gasteiger partial charge on any atom is 0.227 e. The highest BCUT2D eigenvalue weighted by molar-refractivity contribution is 5.44. The van der Waals surface area contributed by atoms with Crippen molar-refractivity contribution in [3.8, 4) is 0 Å². The van der Waals surface area contributed by atoms with Crippen molar-refractivity contribution in [1.29, 1.82) is 0 Å². The normalized spacial score (nSPS) is 20.2. The lowest BCUT2D eigenvalue weighted by Crippen LogP contribution is -2.40. The van der Waals surface area contributed by atoms with Crippen LogP contribution in [0, 0.1) is 0 Å². The van der Waals surface area contributed by atoms with Gasteiger partial charge in [-0.3, -0.25) is 4.98 Å². The first kappa shape index (κ1) is 20.7. The monoisotopic (exact) mass is 412 g/mol. The molecule has 2 aromatic rings. The molecule has 2 aliphatic heterocycles. The van der Waals surface area contributed by atoms with Crippen molar-refractivity contribution in [1.82, 2.24) is 24.8 Å². The van der Waals surface area contributed by atoms with Gasteiger partial charge in [-0.1, -0.05) is 0 Å². The molecule has 0 radical (unpaired) electrons. The molecule has 162 valence electrons. The summed E-state index contributed by atoms with van der Waals surface area (Å²) in [6.45, 7) is 7.27. The molecule has 0 saturated carbocycles. The molecule has 0 aliphatic carbocycles. The molecule has 2 fully saturated rings. The summed E-state index contributed by atoms with van der Waals surface area (Å²) in [7, 11) is 3.98. The third-order valence-corrected chi connectivity index (χ3v) is 5.91. The van der Waals surface area contributed by atoms with E-state index in [2.05, 4.69) is 42.0 Å². The van der Waals surface area contributed by atoms with E-state index >= 15 is 0 Å². The van der Waals surface area contributed by atoms with Gasteiger partial charge in [0.2, 0.25) is 5.95 Å². The number of ether oxygens (including phenoxy) is 1. The van der Waals surface area contributed by atoms with Gasteiger partial charge in [-0.05, 0) is 25.5 Å². The summed E-state index contributed by atoms with van der Waals surface area (Å²) in [5, 5.41) is 3.18. The van der Waals surface area contributed by atoms with Crippen molar-refractivity contribution in [3.05, 3.63) is 30.4 Å². The zero-order valence-corrected chi connectivity index (χ0v) is 18.0. The fourth-order valence-corrected chi connectivity index (χ4v) is 4.21. The van der Waals surface area contributed by atoms with Gasteiger partial charge < -0.3 is 24.8 Å². The van der Waals surface area contributed by atoms with E-state index in [0.717, 1.165) is 82.2 Å². The highest BCUT2D eigenvalue weighted by Crippen LogP contribution is 2.29. The molecule has 2 aromatic heterocycles. The van der Waals surface area contributed by atoms with Crippen LogP contribution in [0.3, 0.4) is 0 Å². The smallest absolute Gasteiger partial charge is 0.227 e. The van der Waals surface area contributed by atoms with Gasteiger partial charge in [0, 0.05) is 71.3 Å². The molecule has 1 atom stereocenters. The minimum Gasteiger partial charge on any atom is -0.378 e. The molecule has 30 heavy (non-hydrogen) atoms. The Morgan fingerprint density at radius 1 is 1.13 bits per heavy atom. The van der Waals surface area contributed by atoms with Crippen molar-refractivity contribution < 1.29 is 4.74 Å². The van der Waals surface area contributed by atoms with E-state index in [1.54, 1.807) is 12.4 Å². The van der Waals surface area contributed by atoms with E-state index in [-0.39, 0.29) is 0 Å². The SMILES string of the molecule is CNc1nccnc1C1CCCN(CCN(C)c2nccc(N3CCOCC3)n2)C1. The number of anilines is 3. The van der Waals surface area contributed by atoms with Crippen LogP contribution < -0.4 is 15.1 Å². The second-order valence-electron chi connectivity index (χ2n) is 7.92. The second kappa shape index (κ2) is 9.99. The number of likely N-dealkylation sites (N-methyl/N-ethyl adjacent to an activating group) is 1. The molecule has 2 saturated heterocycles. The highest BCUT2D eigenvalue weighted by Gasteiger charge is 2.25. The summed E-state index contributed by atoms with van der Waals surface area (Å²) >= 11 is 0. The van der Waals surface area contributed by atoms with Crippen LogP contribution in [-0.2, 0) is 4.74 Å². The quantitative estimate of drug-likeness (QED) is 0.727. The number of nitrogens with zero attached hydrogens (tertiary/aromatic N) is 7. The van der Waals surface area contributed by atoms with Crippen LogP contribution in [0.25, 0.3) is 0 Å². The predicted molar refractivity (Wildman–Crippen MR) is 118 cm³/mol. The largest absolute Gasteiger partial charge is 0.378 e. The van der Waals surface area contributed by atoms with Crippen molar-refractivity contribution in [3.63, 3.8) is 0 Å². The van der Waals surface area contributed by atoms with Crippen LogP contribution in [-0.4, -0.2) is 91.4 Å². The topological polar surface area (TPSA) is 82.5 Å². The average molecular weight is 413 g/mol.